The molecule has 0 bridgehead atoms. The Kier molecular flexibility index (Phi) is 5.02. The SMILES string of the molecule is CC(=O)N1CCN(C(=O)c2ccc(N3CCCC(C)C3)cn2)CC1. The number of anilines is 1. The van der Waals surface area contributed by atoms with Crippen LogP contribution in [-0.2, 0) is 4.79 Å². The van der Waals surface area contributed by atoms with Crippen LogP contribution in [0.15, 0.2) is 18.3 Å². The number of nitrogens with zero attached hydrogens (tertiary/aromatic N) is 4. The van der Waals surface area contributed by atoms with Crippen LogP contribution in [0.25, 0.3) is 0 Å². The molecule has 0 N–H and O–H groups in total. The van der Waals surface area contributed by atoms with E-state index in [2.05, 4.69) is 16.8 Å². The molecule has 2 saturated heterocycles. The fourth-order valence-corrected chi connectivity index (χ4v) is 3.51. The van der Waals surface area contributed by atoms with Crippen LogP contribution in [-0.4, -0.2) is 65.9 Å². The van der Waals surface area contributed by atoms with E-state index in [1.165, 1.54) is 12.8 Å². The van der Waals surface area contributed by atoms with Crippen molar-refractivity contribution in [1.82, 2.24) is 14.8 Å². The molecule has 0 radical (unpaired) electrons. The quantitative estimate of drug-likeness (QED) is 0.827. The molecule has 0 saturated carbocycles. The van der Waals surface area contributed by atoms with Gasteiger partial charge in [0.1, 0.15) is 5.69 Å². The molecule has 130 valence electrons. The third-order valence-corrected chi connectivity index (χ3v) is 5.00. The predicted molar refractivity (Wildman–Crippen MR) is 93.0 cm³/mol. The van der Waals surface area contributed by atoms with Crippen LogP contribution >= 0.6 is 0 Å². The normalized spacial score (nSPS) is 21.8. The fraction of sp³-hybridized carbons (Fsp3) is 0.611. The van der Waals surface area contributed by atoms with E-state index in [1.807, 2.05) is 18.3 Å². The van der Waals surface area contributed by atoms with Gasteiger partial charge in [-0.2, -0.15) is 0 Å². The molecule has 1 atom stereocenters. The molecule has 0 spiro atoms. The maximum atomic E-state index is 12.6. The van der Waals surface area contributed by atoms with Crippen molar-refractivity contribution in [2.45, 2.75) is 26.7 Å². The summed E-state index contributed by atoms with van der Waals surface area (Å²) in [5.41, 5.74) is 1.58. The van der Waals surface area contributed by atoms with Gasteiger partial charge in [-0.15, -0.1) is 0 Å². The molecule has 0 aromatic carbocycles. The lowest BCUT2D eigenvalue weighted by atomic mass is 10.00. The Morgan fingerprint density at radius 2 is 1.79 bits per heavy atom. The monoisotopic (exact) mass is 330 g/mol. The Hall–Kier alpha value is -2.11. The number of rotatable bonds is 2. The summed E-state index contributed by atoms with van der Waals surface area (Å²) in [6.45, 7) is 8.32. The van der Waals surface area contributed by atoms with E-state index in [0.29, 0.717) is 37.8 Å². The first-order valence-electron chi connectivity index (χ1n) is 8.80. The number of pyridine rings is 1. The fourth-order valence-electron chi connectivity index (χ4n) is 3.51. The first-order valence-corrected chi connectivity index (χ1v) is 8.80. The Labute approximate surface area is 143 Å². The van der Waals surface area contributed by atoms with Gasteiger partial charge in [0.25, 0.3) is 5.91 Å². The molecule has 24 heavy (non-hydrogen) atoms. The molecule has 0 aliphatic carbocycles. The van der Waals surface area contributed by atoms with Crippen molar-refractivity contribution in [3.63, 3.8) is 0 Å². The van der Waals surface area contributed by atoms with Crippen LogP contribution in [0.3, 0.4) is 0 Å². The van der Waals surface area contributed by atoms with Gasteiger partial charge in [0.15, 0.2) is 0 Å². The van der Waals surface area contributed by atoms with Gasteiger partial charge in [0.05, 0.1) is 11.9 Å². The average molecular weight is 330 g/mol. The van der Waals surface area contributed by atoms with Crippen molar-refractivity contribution in [3.05, 3.63) is 24.0 Å². The molecule has 3 heterocycles. The number of carbonyl (C=O) groups excluding carboxylic acids is 2. The van der Waals surface area contributed by atoms with E-state index in [9.17, 15) is 9.59 Å². The summed E-state index contributed by atoms with van der Waals surface area (Å²) in [6, 6.07) is 3.83. The number of aromatic nitrogens is 1. The van der Waals surface area contributed by atoms with Crippen LogP contribution < -0.4 is 4.90 Å². The molecular formula is C18H26N4O2. The van der Waals surface area contributed by atoms with Gasteiger partial charge in [-0.05, 0) is 30.9 Å². The standard InChI is InChI=1S/C18H26N4O2/c1-14-4-3-7-22(13-14)16-5-6-17(19-12-16)18(24)21-10-8-20(9-11-21)15(2)23/h5-6,12,14H,3-4,7-11,13H2,1-2H3. The second-order valence-electron chi connectivity index (χ2n) is 6.89. The van der Waals surface area contributed by atoms with Gasteiger partial charge in [-0.1, -0.05) is 6.92 Å². The summed E-state index contributed by atoms with van der Waals surface area (Å²) in [5, 5.41) is 0. The maximum absolute atomic E-state index is 12.6. The lowest BCUT2D eigenvalue weighted by Gasteiger charge is -2.34. The number of carbonyl (C=O) groups is 2. The maximum Gasteiger partial charge on any atom is 0.272 e. The van der Waals surface area contributed by atoms with Crippen molar-refractivity contribution in [2.75, 3.05) is 44.2 Å². The lowest BCUT2D eigenvalue weighted by molar-refractivity contribution is -0.130. The Morgan fingerprint density at radius 1 is 1.08 bits per heavy atom. The van der Waals surface area contributed by atoms with Crippen LogP contribution in [0.1, 0.15) is 37.2 Å². The summed E-state index contributed by atoms with van der Waals surface area (Å²) in [4.78, 5) is 34.2. The molecule has 2 fully saturated rings. The number of hydrogen-bond donors (Lipinski definition) is 0. The Balaban J connectivity index is 1.61. The highest BCUT2D eigenvalue weighted by atomic mass is 16.2. The molecule has 2 aliphatic rings. The van der Waals surface area contributed by atoms with E-state index in [1.54, 1.807) is 16.7 Å². The largest absolute Gasteiger partial charge is 0.370 e. The molecule has 6 nitrogen and oxygen atoms in total. The minimum absolute atomic E-state index is 0.0447. The minimum Gasteiger partial charge on any atom is -0.370 e. The van der Waals surface area contributed by atoms with Crippen molar-refractivity contribution >= 4 is 17.5 Å². The molecule has 6 heteroatoms. The van der Waals surface area contributed by atoms with Crippen molar-refractivity contribution in [1.29, 1.82) is 0 Å². The van der Waals surface area contributed by atoms with E-state index < -0.39 is 0 Å². The summed E-state index contributed by atoms with van der Waals surface area (Å²) >= 11 is 0. The zero-order valence-corrected chi connectivity index (χ0v) is 14.6. The molecule has 1 aromatic rings. The second-order valence-corrected chi connectivity index (χ2v) is 6.89. The zero-order valence-electron chi connectivity index (χ0n) is 14.6. The number of amides is 2. The summed E-state index contributed by atoms with van der Waals surface area (Å²) < 4.78 is 0. The molecule has 2 aliphatic heterocycles. The van der Waals surface area contributed by atoms with Gasteiger partial charge < -0.3 is 14.7 Å². The molecule has 2 amide bonds. The first-order chi connectivity index (χ1) is 11.5. The summed E-state index contributed by atoms with van der Waals surface area (Å²) in [6.07, 6.45) is 4.31. The predicted octanol–water partition coefficient (Wildman–Crippen LogP) is 1.62. The second kappa shape index (κ2) is 7.20. The Bertz CT molecular complexity index is 594. The highest BCUT2D eigenvalue weighted by molar-refractivity contribution is 5.92. The zero-order chi connectivity index (χ0) is 17.1. The van der Waals surface area contributed by atoms with E-state index in [0.717, 1.165) is 18.8 Å². The summed E-state index contributed by atoms with van der Waals surface area (Å²) in [5.74, 6) is 0.731. The highest BCUT2D eigenvalue weighted by Gasteiger charge is 2.24. The Morgan fingerprint density at radius 3 is 2.38 bits per heavy atom. The van der Waals surface area contributed by atoms with Gasteiger partial charge in [0, 0.05) is 46.2 Å². The third kappa shape index (κ3) is 3.68. The van der Waals surface area contributed by atoms with Crippen LogP contribution in [0.2, 0.25) is 0 Å². The van der Waals surface area contributed by atoms with E-state index >= 15 is 0 Å². The van der Waals surface area contributed by atoms with Gasteiger partial charge >= 0.3 is 0 Å². The third-order valence-electron chi connectivity index (χ3n) is 5.00. The molecule has 1 aromatic heterocycles. The average Bonchev–Trinajstić information content (AvgIpc) is 2.61. The number of hydrogen-bond acceptors (Lipinski definition) is 4. The van der Waals surface area contributed by atoms with E-state index in [-0.39, 0.29) is 11.8 Å². The van der Waals surface area contributed by atoms with Gasteiger partial charge in [-0.3, -0.25) is 9.59 Å². The van der Waals surface area contributed by atoms with Crippen LogP contribution in [0, 0.1) is 5.92 Å². The number of piperazine rings is 1. The van der Waals surface area contributed by atoms with Crippen molar-refractivity contribution in [3.8, 4) is 0 Å². The minimum atomic E-state index is -0.0447. The van der Waals surface area contributed by atoms with Crippen molar-refractivity contribution < 1.29 is 9.59 Å². The van der Waals surface area contributed by atoms with Crippen molar-refractivity contribution in [2.24, 2.45) is 5.92 Å². The van der Waals surface area contributed by atoms with Gasteiger partial charge in [0.2, 0.25) is 5.91 Å². The molecular weight excluding hydrogens is 304 g/mol. The summed E-state index contributed by atoms with van der Waals surface area (Å²) in [7, 11) is 0. The smallest absolute Gasteiger partial charge is 0.272 e. The molecule has 1 unspecified atom stereocenters. The lowest BCUT2D eigenvalue weighted by Crippen LogP contribution is -2.50. The topological polar surface area (TPSA) is 56.8 Å². The highest BCUT2D eigenvalue weighted by Crippen LogP contribution is 2.22. The van der Waals surface area contributed by atoms with Crippen LogP contribution in [0.5, 0.6) is 0 Å². The number of piperidine rings is 1. The van der Waals surface area contributed by atoms with E-state index in [4.69, 9.17) is 0 Å². The molecule has 3 rings (SSSR count). The van der Waals surface area contributed by atoms with Gasteiger partial charge in [-0.25, -0.2) is 4.98 Å². The van der Waals surface area contributed by atoms with Crippen LogP contribution in [0.4, 0.5) is 5.69 Å². The first kappa shape index (κ1) is 16.7.